The third kappa shape index (κ3) is 4.77. The summed E-state index contributed by atoms with van der Waals surface area (Å²) in [5, 5.41) is 19.9. The standard InChI is InChI=1S/C9H14N4O3S/c1-17-3-2-7(8(14)15)13-9(16)12-6-4-10-11-5-6/h4-5,7H,2-3H2,1H3,(H,10,11)(H,14,15)(H2,12,13,16)/t7-/m0/s1. The van der Waals surface area contributed by atoms with Crippen LogP contribution in [-0.2, 0) is 4.79 Å². The second kappa shape index (κ2) is 6.79. The number of carbonyl (C=O) groups is 2. The van der Waals surface area contributed by atoms with Gasteiger partial charge in [-0.15, -0.1) is 0 Å². The number of hydrogen-bond acceptors (Lipinski definition) is 4. The van der Waals surface area contributed by atoms with Crippen LogP contribution in [-0.4, -0.2) is 45.4 Å². The number of aromatic nitrogens is 2. The Morgan fingerprint density at radius 3 is 2.94 bits per heavy atom. The maximum atomic E-state index is 11.5. The molecule has 0 unspecified atom stereocenters. The highest BCUT2D eigenvalue weighted by atomic mass is 32.2. The van der Waals surface area contributed by atoms with E-state index >= 15 is 0 Å². The lowest BCUT2D eigenvalue weighted by Crippen LogP contribution is -2.43. The molecule has 0 aromatic carbocycles. The van der Waals surface area contributed by atoms with Crippen LogP contribution in [0, 0.1) is 0 Å². The minimum Gasteiger partial charge on any atom is -0.480 e. The molecule has 8 heteroatoms. The van der Waals surface area contributed by atoms with E-state index in [2.05, 4.69) is 20.8 Å². The molecule has 4 N–H and O–H groups in total. The minimum atomic E-state index is -1.04. The highest BCUT2D eigenvalue weighted by Crippen LogP contribution is 2.03. The van der Waals surface area contributed by atoms with Crippen LogP contribution < -0.4 is 10.6 Å². The molecule has 0 saturated carbocycles. The van der Waals surface area contributed by atoms with E-state index in [9.17, 15) is 9.59 Å². The molecule has 1 atom stereocenters. The van der Waals surface area contributed by atoms with Gasteiger partial charge in [0.05, 0.1) is 11.9 Å². The van der Waals surface area contributed by atoms with E-state index in [1.54, 1.807) is 0 Å². The molecule has 0 saturated heterocycles. The molecule has 0 aliphatic carbocycles. The van der Waals surface area contributed by atoms with E-state index in [0.717, 1.165) is 0 Å². The Kier molecular flexibility index (Phi) is 5.34. The summed E-state index contributed by atoms with van der Waals surface area (Å²) >= 11 is 1.53. The average Bonchev–Trinajstić information content (AvgIpc) is 2.76. The van der Waals surface area contributed by atoms with Crippen molar-refractivity contribution in [3.8, 4) is 0 Å². The van der Waals surface area contributed by atoms with Gasteiger partial charge in [0.15, 0.2) is 0 Å². The first-order chi connectivity index (χ1) is 8.13. The van der Waals surface area contributed by atoms with Crippen LogP contribution in [0.1, 0.15) is 6.42 Å². The van der Waals surface area contributed by atoms with Gasteiger partial charge in [0.1, 0.15) is 6.04 Å². The zero-order valence-electron chi connectivity index (χ0n) is 9.27. The molecule has 0 aliphatic heterocycles. The molecule has 7 nitrogen and oxygen atoms in total. The minimum absolute atomic E-state index is 0.384. The number of urea groups is 1. The number of anilines is 1. The van der Waals surface area contributed by atoms with E-state index in [1.165, 1.54) is 24.2 Å². The molecule has 0 spiro atoms. The number of amides is 2. The zero-order chi connectivity index (χ0) is 12.7. The molecular weight excluding hydrogens is 244 g/mol. The van der Waals surface area contributed by atoms with Crippen LogP contribution in [0.2, 0.25) is 0 Å². The van der Waals surface area contributed by atoms with Crippen LogP contribution in [0.25, 0.3) is 0 Å². The van der Waals surface area contributed by atoms with E-state index < -0.39 is 18.0 Å². The van der Waals surface area contributed by atoms with Crippen molar-refractivity contribution in [3.05, 3.63) is 12.4 Å². The number of nitrogens with one attached hydrogen (secondary N) is 3. The molecule has 1 heterocycles. The number of hydrogen-bond donors (Lipinski definition) is 4. The van der Waals surface area contributed by atoms with Gasteiger partial charge in [-0.3, -0.25) is 5.10 Å². The fraction of sp³-hybridized carbons (Fsp3) is 0.444. The number of nitrogens with zero attached hydrogens (tertiary/aromatic N) is 1. The topological polar surface area (TPSA) is 107 Å². The van der Waals surface area contributed by atoms with Crippen molar-refractivity contribution in [3.63, 3.8) is 0 Å². The Morgan fingerprint density at radius 2 is 2.41 bits per heavy atom. The third-order valence-electron chi connectivity index (χ3n) is 1.97. The van der Waals surface area contributed by atoms with Crippen molar-refractivity contribution < 1.29 is 14.7 Å². The molecule has 0 aliphatic rings. The number of rotatable bonds is 6. The number of aliphatic carboxylic acids is 1. The summed E-state index contributed by atoms with van der Waals surface area (Å²) in [7, 11) is 0. The van der Waals surface area contributed by atoms with Crippen molar-refractivity contribution >= 4 is 29.4 Å². The van der Waals surface area contributed by atoms with Crippen LogP contribution >= 0.6 is 11.8 Å². The van der Waals surface area contributed by atoms with Gasteiger partial charge in [0.2, 0.25) is 0 Å². The van der Waals surface area contributed by atoms with Gasteiger partial charge in [-0.05, 0) is 18.4 Å². The summed E-state index contributed by atoms with van der Waals surface area (Å²) in [6, 6.07) is -1.44. The van der Waals surface area contributed by atoms with Gasteiger partial charge in [-0.2, -0.15) is 16.9 Å². The lowest BCUT2D eigenvalue weighted by Gasteiger charge is -2.13. The number of H-pyrrole nitrogens is 1. The average molecular weight is 258 g/mol. The summed E-state index contributed by atoms with van der Waals surface area (Å²) in [6.07, 6.45) is 5.19. The second-order valence-electron chi connectivity index (χ2n) is 3.26. The Labute approximate surface area is 102 Å². The Morgan fingerprint density at radius 1 is 1.65 bits per heavy atom. The molecule has 17 heavy (non-hydrogen) atoms. The first-order valence-corrected chi connectivity index (χ1v) is 6.31. The fourth-order valence-electron chi connectivity index (χ4n) is 1.14. The molecule has 2 amide bonds. The van der Waals surface area contributed by atoms with Crippen molar-refractivity contribution in [1.29, 1.82) is 0 Å². The van der Waals surface area contributed by atoms with Gasteiger partial charge in [0.25, 0.3) is 0 Å². The van der Waals surface area contributed by atoms with Crippen LogP contribution in [0.15, 0.2) is 12.4 Å². The van der Waals surface area contributed by atoms with Gasteiger partial charge in [-0.1, -0.05) is 0 Å². The van der Waals surface area contributed by atoms with Crippen LogP contribution in [0.4, 0.5) is 10.5 Å². The number of carboxylic acids is 1. The maximum Gasteiger partial charge on any atom is 0.326 e. The molecule has 1 aromatic heterocycles. The largest absolute Gasteiger partial charge is 0.480 e. The first kappa shape index (κ1) is 13.4. The maximum absolute atomic E-state index is 11.5. The van der Waals surface area contributed by atoms with Crippen LogP contribution in [0.3, 0.4) is 0 Å². The van der Waals surface area contributed by atoms with Crippen molar-refractivity contribution in [1.82, 2.24) is 15.5 Å². The summed E-state index contributed by atoms with van der Waals surface area (Å²) in [6.45, 7) is 0. The van der Waals surface area contributed by atoms with Crippen molar-refractivity contribution in [2.24, 2.45) is 0 Å². The highest BCUT2D eigenvalue weighted by Gasteiger charge is 2.19. The summed E-state index contributed by atoms with van der Waals surface area (Å²) in [4.78, 5) is 22.3. The predicted molar refractivity (Wildman–Crippen MR) is 65.2 cm³/mol. The Balaban J connectivity index is 2.43. The normalized spacial score (nSPS) is 11.8. The van der Waals surface area contributed by atoms with Gasteiger partial charge >= 0.3 is 12.0 Å². The molecule has 1 rings (SSSR count). The van der Waals surface area contributed by atoms with Crippen LogP contribution in [0.5, 0.6) is 0 Å². The number of carbonyl (C=O) groups excluding carboxylic acids is 1. The second-order valence-corrected chi connectivity index (χ2v) is 4.24. The third-order valence-corrected chi connectivity index (χ3v) is 2.61. The van der Waals surface area contributed by atoms with E-state index in [0.29, 0.717) is 17.9 Å². The summed E-state index contributed by atoms with van der Waals surface area (Å²) in [5.74, 6) is -0.371. The van der Waals surface area contributed by atoms with Crippen molar-refractivity contribution in [2.45, 2.75) is 12.5 Å². The zero-order valence-corrected chi connectivity index (χ0v) is 10.1. The first-order valence-electron chi connectivity index (χ1n) is 4.91. The number of aromatic amines is 1. The predicted octanol–water partition coefficient (Wildman–Crippen LogP) is 0.737. The van der Waals surface area contributed by atoms with Gasteiger partial charge < -0.3 is 15.7 Å². The van der Waals surface area contributed by atoms with Crippen molar-refractivity contribution in [2.75, 3.05) is 17.3 Å². The molecule has 0 fully saturated rings. The lowest BCUT2D eigenvalue weighted by atomic mass is 10.2. The van der Waals surface area contributed by atoms with E-state index in [1.807, 2.05) is 6.26 Å². The number of thioether (sulfide) groups is 1. The lowest BCUT2D eigenvalue weighted by molar-refractivity contribution is -0.139. The summed E-state index contributed by atoms with van der Waals surface area (Å²) in [5.41, 5.74) is 0.483. The number of carboxylic acid groups (broad SMARTS) is 1. The summed E-state index contributed by atoms with van der Waals surface area (Å²) < 4.78 is 0. The Hall–Kier alpha value is -1.70. The molecule has 94 valence electrons. The monoisotopic (exact) mass is 258 g/mol. The fourth-order valence-corrected chi connectivity index (χ4v) is 1.61. The molecule has 1 aromatic rings. The smallest absolute Gasteiger partial charge is 0.326 e. The SMILES string of the molecule is CSCC[C@H](NC(=O)Nc1cn[nH]c1)C(=O)O. The Bertz CT molecular complexity index is 368. The quantitative estimate of drug-likeness (QED) is 0.602. The molecule has 0 radical (unpaired) electrons. The van der Waals surface area contributed by atoms with Gasteiger partial charge in [-0.25, -0.2) is 9.59 Å². The van der Waals surface area contributed by atoms with Gasteiger partial charge in [0, 0.05) is 6.20 Å². The van der Waals surface area contributed by atoms with E-state index in [4.69, 9.17) is 5.11 Å². The molecular formula is C9H14N4O3S. The van der Waals surface area contributed by atoms with E-state index in [-0.39, 0.29) is 0 Å². The highest BCUT2D eigenvalue weighted by molar-refractivity contribution is 7.98. The molecule has 0 bridgehead atoms.